The Bertz CT molecular complexity index is 69.1. The molecule has 0 aromatic carbocycles. The zero-order valence-electron chi connectivity index (χ0n) is 7.98. The molecule has 0 spiro atoms. The zero-order valence-corrected chi connectivity index (χ0v) is 6.98. The standard InChI is InChI=1S/C9H20/c1-8(2)6-5-7-9(3)4/h8-9H,5-7H2,1-4H3/i1D. The van der Waals surface area contributed by atoms with E-state index in [4.69, 9.17) is 1.37 Å². The van der Waals surface area contributed by atoms with Gasteiger partial charge in [0.25, 0.3) is 0 Å². The Morgan fingerprint density at radius 2 is 1.67 bits per heavy atom. The minimum atomic E-state index is 0.595. The fourth-order valence-electron chi connectivity index (χ4n) is 0.875. The predicted molar refractivity (Wildman–Crippen MR) is 43.5 cm³/mol. The molecule has 0 rings (SSSR count). The van der Waals surface area contributed by atoms with E-state index >= 15 is 0 Å². The molecule has 0 radical (unpaired) electrons. The first-order valence-corrected chi connectivity index (χ1v) is 3.96. The van der Waals surface area contributed by atoms with Crippen molar-refractivity contribution in [2.24, 2.45) is 11.8 Å². The van der Waals surface area contributed by atoms with Crippen molar-refractivity contribution in [1.82, 2.24) is 0 Å². The second kappa shape index (κ2) is 4.84. The first-order valence-electron chi connectivity index (χ1n) is 4.66. The molecule has 1 atom stereocenters. The van der Waals surface area contributed by atoms with Crippen molar-refractivity contribution >= 4 is 0 Å². The lowest BCUT2D eigenvalue weighted by molar-refractivity contribution is 0.480. The topological polar surface area (TPSA) is 0 Å². The van der Waals surface area contributed by atoms with Crippen LogP contribution in [0.2, 0.25) is 0 Å². The summed E-state index contributed by atoms with van der Waals surface area (Å²) in [6, 6.07) is 0. The highest BCUT2D eigenvalue weighted by atomic mass is 14.0. The van der Waals surface area contributed by atoms with Gasteiger partial charge < -0.3 is 0 Å². The van der Waals surface area contributed by atoms with Crippen LogP contribution in [0.1, 0.15) is 48.3 Å². The van der Waals surface area contributed by atoms with Gasteiger partial charge >= 0.3 is 0 Å². The lowest BCUT2D eigenvalue weighted by Crippen LogP contribution is -1.90. The third-order valence-electron chi connectivity index (χ3n) is 1.48. The van der Waals surface area contributed by atoms with E-state index in [1.165, 1.54) is 19.3 Å². The van der Waals surface area contributed by atoms with E-state index in [0.717, 1.165) is 5.92 Å². The molecule has 0 nitrogen and oxygen atoms in total. The van der Waals surface area contributed by atoms with Crippen LogP contribution in [-0.4, -0.2) is 0 Å². The third kappa shape index (κ3) is 8.00. The van der Waals surface area contributed by atoms with Gasteiger partial charge in [-0.05, 0) is 11.8 Å². The van der Waals surface area contributed by atoms with Crippen LogP contribution in [0.15, 0.2) is 0 Å². The summed E-state index contributed by atoms with van der Waals surface area (Å²) < 4.78 is 7.09. The SMILES string of the molecule is [2H]CC(C)CCCC(C)C. The average Bonchev–Trinajstić information content (AvgIpc) is 1.87. The van der Waals surface area contributed by atoms with Crippen molar-refractivity contribution in [2.75, 3.05) is 0 Å². The van der Waals surface area contributed by atoms with E-state index < -0.39 is 0 Å². The Labute approximate surface area is 61.1 Å². The first-order chi connectivity index (χ1) is 4.66. The van der Waals surface area contributed by atoms with Crippen molar-refractivity contribution in [1.29, 1.82) is 0 Å². The van der Waals surface area contributed by atoms with Crippen LogP contribution in [0.4, 0.5) is 0 Å². The highest BCUT2D eigenvalue weighted by molar-refractivity contribution is 4.49. The van der Waals surface area contributed by atoms with E-state index in [2.05, 4.69) is 20.8 Å². The van der Waals surface area contributed by atoms with Gasteiger partial charge in [-0.3, -0.25) is 0 Å². The second-order valence-corrected chi connectivity index (χ2v) is 3.43. The summed E-state index contributed by atoms with van der Waals surface area (Å²) in [4.78, 5) is 0. The molecule has 0 aromatic rings. The van der Waals surface area contributed by atoms with Crippen LogP contribution in [0.3, 0.4) is 0 Å². The Morgan fingerprint density at radius 1 is 1.11 bits per heavy atom. The maximum absolute atomic E-state index is 7.09. The van der Waals surface area contributed by atoms with Crippen molar-refractivity contribution in [3.05, 3.63) is 0 Å². The van der Waals surface area contributed by atoms with Crippen molar-refractivity contribution in [3.63, 3.8) is 0 Å². The first kappa shape index (κ1) is 7.11. The minimum Gasteiger partial charge on any atom is -0.0628 e. The molecular formula is C9H20. The molecule has 0 amide bonds. The van der Waals surface area contributed by atoms with Gasteiger partial charge in [0.05, 0.1) is 0 Å². The van der Waals surface area contributed by atoms with Crippen LogP contribution in [-0.2, 0) is 0 Å². The molecule has 0 saturated carbocycles. The van der Waals surface area contributed by atoms with Crippen LogP contribution in [0.5, 0.6) is 0 Å². The summed E-state index contributed by atoms with van der Waals surface area (Å²) in [5, 5.41) is 0. The molecule has 1 unspecified atom stereocenters. The van der Waals surface area contributed by atoms with Gasteiger partial charge in [0.2, 0.25) is 0 Å². The highest BCUT2D eigenvalue weighted by Crippen LogP contribution is 2.10. The number of hydrogen-bond acceptors (Lipinski definition) is 0. The molecule has 0 fully saturated rings. The fourth-order valence-corrected chi connectivity index (χ4v) is 0.875. The molecule has 0 heterocycles. The van der Waals surface area contributed by atoms with E-state index in [1.54, 1.807) is 0 Å². The molecule has 0 aliphatic rings. The Morgan fingerprint density at radius 3 is 2.11 bits per heavy atom. The van der Waals surface area contributed by atoms with Crippen molar-refractivity contribution in [2.45, 2.75) is 46.9 Å². The van der Waals surface area contributed by atoms with E-state index in [9.17, 15) is 0 Å². The maximum Gasteiger partial charge on any atom is 0.0233 e. The summed E-state index contributed by atoms with van der Waals surface area (Å²) in [5.41, 5.74) is 0. The van der Waals surface area contributed by atoms with Crippen molar-refractivity contribution in [3.8, 4) is 0 Å². The molecule has 0 heteroatoms. The van der Waals surface area contributed by atoms with Gasteiger partial charge in [-0.1, -0.05) is 46.9 Å². The van der Waals surface area contributed by atoms with Crippen LogP contribution < -0.4 is 0 Å². The monoisotopic (exact) mass is 129 g/mol. The van der Waals surface area contributed by atoms with E-state index in [1.807, 2.05) is 0 Å². The molecule has 0 N–H and O–H groups in total. The minimum absolute atomic E-state index is 0.595. The quantitative estimate of drug-likeness (QED) is 0.545. The van der Waals surface area contributed by atoms with Gasteiger partial charge in [0.1, 0.15) is 0 Å². The maximum atomic E-state index is 7.09. The number of rotatable bonds is 4. The predicted octanol–water partition coefficient (Wildman–Crippen LogP) is 3.47. The summed E-state index contributed by atoms with van der Waals surface area (Å²) in [6.07, 6.45) is 3.86. The lowest BCUT2D eigenvalue weighted by atomic mass is 10.0. The molecule has 0 aliphatic heterocycles. The largest absolute Gasteiger partial charge is 0.0628 e. The van der Waals surface area contributed by atoms with E-state index in [-0.39, 0.29) is 0 Å². The summed E-state index contributed by atoms with van der Waals surface area (Å²) in [6.45, 7) is 7.27. The Hall–Kier alpha value is 0. The van der Waals surface area contributed by atoms with Crippen LogP contribution >= 0.6 is 0 Å². The van der Waals surface area contributed by atoms with Gasteiger partial charge in [0.15, 0.2) is 0 Å². The van der Waals surface area contributed by atoms with Crippen LogP contribution in [0, 0.1) is 11.8 Å². The number of hydrogen-bond donors (Lipinski definition) is 0. The molecule has 0 aromatic heterocycles. The third-order valence-corrected chi connectivity index (χ3v) is 1.48. The summed E-state index contributed by atoms with van der Waals surface area (Å²) in [7, 11) is 0. The molecule has 56 valence electrons. The van der Waals surface area contributed by atoms with Crippen LogP contribution in [0.25, 0.3) is 0 Å². The Kier molecular flexibility index (Phi) is 3.82. The smallest absolute Gasteiger partial charge is 0.0233 e. The molecule has 0 bridgehead atoms. The van der Waals surface area contributed by atoms with Gasteiger partial charge in [0, 0.05) is 1.37 Å². The molecule has 0 aliphatic carbocycles. The summed E-state index contributed by atoms with van der Waals surface area (Å²) >= 11 is 0. The summed E-state index contributed by atoms with van der Waals surface area (Å²) in [5.74, 6) is 1.44. The normalized spacial score (nSPS) is 15.8. The molecule has 0 saturated heterocycles. The fraction of sp³-hybridized carbons (Fsp3) is 1.00. The van der Waals surface area contributed by atoms with Gasteiger partial charge in [-0.15, -0.1) is 0 Å². The zero-order chi connectivity index (χ0) is 7.98. The lowest BCUT2D eigenvalue weighted by Gasteiger charge is -2.05. The van der Waals surface area contributed by atoms with E-state index in [0.29, 0.717) is 12.8 Å². The van der Waals surface area contributed by atoms with Gasteiger partial charge in [-0.2, -0.15) is 0 Å². The molecule has 9 heavy (non-hydrogen) atoms. The average molecular weight is 129 g/mol. The Balaban J connectivity index is 3.03. The van der Waals surface area contributed by atoms with Gasteiger partial charge in [-0.25, -0.2) is 0 Å². The molecular weight excluding hydrogens is 108 g/mol. The van der Waals surface area contributed by atoms with Crippen molar-refractivity contribution < 1.29 is 1.37 Å². The highest BCUT2D eigenvalue weighted by Gasteiger charge is 1.95. The second-order valence-electron chi connectivity index (χ2n) is 3.43.